The minimum atomic E-state index is -0.366. The fraction of sp³-hybridized carbons (Fsp3) is 0.500. The highest BCUT2D eigenvalue weighted by atomic mass is 16.5. The lowest BCUT2D eigenvalue weighted by molar-refractivity contribution is -0.139. The Morgan fingerprint density at radius 1 is 1.11 bits per heavy atom. The number of ether oxygens (including phenoxy) is 1. The molecule has 27 heavy (non-hydrogen) atoms. The van der Waals surface area contributed by atoms with E-state index in [0.29, 0.717) is 24.4 Å². The summed E-state index contributed by atoms with van der Waals surface area (Å²) in [7, 11) is 0. The molecule has 1 aromatic rings. The third-order valence-corrected chi connectivity index (χ3v) is 4.96. The van der Waals surface area contributed by atoms with Crippen LogP contribution in [0.3, 0.4) is 0 Å². The molecule has 0 radical (unpaired) electrons. The van der Waals surface area contributed by atoms with Crippen LogP contribution in [0.2, 0.25) is 0 Å². The van der Waals surface area contributed by atoms with E-state index in [4.69, 9.17) is 4.74 Å². The van der Waals surface area contributed by atoms with Gasteiger partial charge in [-0.15, -0.1) is 0 Å². The zero-order valence-electron chi connectivity index (χ0n) is 16.0. The van der Waals surface area contributed by atoms with Gasteiger partial charge >= 0.3 is 12.0 Å². The van der Waals surface area contributed by atoms with Gasteiger partial charge in [0.1, 0.15) is 0 Å². The molecule has 7 heteroatoms. The van der Waals surface area contributed by atoms with Gasteiger partial charge in [0.2, 0.25) is 0 Å². The van der Waals surface area contributed by atoms with Crippen molar-refractivity contribution >= 4 is 12.0 Å². The Hall–Kier alpha value is -2.38. The van der Waals surface area contributed by atoms with E-state index < -0.39 is 0 Å². The summed E-state index contributed by atoms with van der Waals surface area (Å²) < 4.78 is 5.18. The van der Waals surface area contributed by atoms with E-state index >= 15 is 0 Å². The number of urea groups is 1. The Balaban J connectivity index is 1.61. The van der Waals surface area contributed by atoms with E-state index in [-0.39, 0.29) is 18.0 Å². The SMILES string of the molecule is CCOC(=O)C1=C(CN2CCN(Cc3ccccc3)CC2)NC(=O)N[C@@H]1C. The average molecular weight is 372 g/mol. The molecule has 0 aromatic heterocycles. The third-order valence-electron chi connectivity index (χ3n) is 4.96. The number of hydrogen-bond donors (Lipinski definition) is 2. The topological polar surface area (TPSA) is 73.9 Å². The van der Waals surface area contributed by atoms with Crippen LogP contribution in [0.5, 0.6) is 0 Å². The maximum Gasteiger partial charge on any atom is 0.337 e. The first kappa shape index (κ1) is 19.4. The van der Waals surface area contributed by atoms with Crippen LogP contribution in [-0.2, 0) is 16.1 Å². The molecule has 1 aromatic carbocycles. The Morgan fingerprint density at radius 2 is 1.74 bits per heavy atom. The van der Waals surface area contributed by atoms with Gasteiger partial charge in [0.25, 0.3) is 0 Å². The smallest absolute Gasteiger partial charge is 0.337 e. The van der Waals surface area contributed by atoms with E-state index in [2.05, 4.69) is 44.7 Å². The Kier molecular flexibility index (Phi) is 6.47. The van der Waals surface area contributed by atoms with Crippen molar-refractivity contribution in [2.75, 3.05) is 39.3 Å². The molecule has 2 heterocycles. The summed E-state index contributed by atoms with van der Waals surface area (Å²) in [6.07, 6.45) is 0. The number of nitrogens with one attached hydrogen (secondary N) is 2. The molecule has 0 saturated carbocycles. The average Bonchev–Trinajstić information content (AvgIpc) is 2.64. The summed E-state index contributed by atoms with van der Waals surface area (Å²) in [4.78, 5) is 28.9. The van der Waals surface area contributed by atoms with Crippen molar-refractivity contribution in [1.29, 1.82) is 0 Å². The highest BCUT2D eigenvalue weighted by molar-refractivity contribution is 5.94. The van der Waals surface area contributed by atoms with Crippen LogP contribution in [0.4, 0.5) is 4.79 Å². The van der Waals surface area contributed by atoms with Gasteiger partial charge in [0, 0.05) is 45.0 Å². The van der Waals surface area contributed by atoms with Crippen LogP contribution in [0.15, 0.2) is 41.6 Å². The van der Waals surface area contributed by atoms with E-state index in [1.54, 1.807) is 6.92 Å². The summed E-state index contributed by atoms with van der Waals surface area (Å²) in [6.45, 7) is 9.10. The van der Waals surface area contributed by atoms with Crippen LogP contribution >= 0.6 is 0 Å². The third kappa shape index (κ3) is 5.08. The molecule has 2 aliphatic rings. The van der Waals surface area contributed by atoms with Crippen LogP contribution in [-0.4, -0.2) is 67.2 Å². The zero-order chi connectivity index (χ0) is 19.2. The number of benzene rings is 1. The predicted molar refractivity (Wildman–Crippen MR) is 103 cm³/mol. The number of esters is 1. The quantitative estimate of drug-likeness (QED) is 0.737. The molecule has 2 aliphatic heterocycles. The van der Waals surface area contributed by atoms with E-state index in [0.717, 1.165) is 32.7 Å². The van der Waals surface area contributed by atoms with Gasteiger partial charge in [-0.05, 0) is 19.4 Å². The number of rotatable bonds is 6. The van der Waals surface area contributed by atoms with Crippen molar-refractivity contribution in [1.82, 2.24) is 20.4 Å². The maximum absolute atomic E-state index is 12.3. The van der Waals surface area contributed by atoms with Gasteiger partial charge in [-0.3, -0.25) is 9.80 Å². The first-order valence-corrected chi connectivity index (χ1v) is 9.53. The van der Waals surface area contributed by atoms with E-state index in [1.165, 1.54) is 5.56 Å². The summed E-state index contributed by atoms with van der Waals surface area (Å²) in [5, 5.41) is 5.54. The van der Waals surface area contributed by atoms with Crippen molar-refractivity contribution in [3.63, 3.8) is 0 Å². The summed E-state index contributed by atoms with van der Waals surface area (Å²) >= 11 is 0. The molecule has 146 valence electrons. The zero-order valence-corrected chi connectivity index (χ0v) is 16.0. The predicted octanol–water partition coefficient (Wildman–Crippen LogP) is 1.32. The molecule has 0 spiro atoms. The molecule has 1 atom stereocenters. The van der Waals surface area contributed by atoms with Gasteiger partial charge < -0.3 is 15.4 Å². The molecular formula is C20H28N4O3. The van der Waals surface area contributed by atoms with Crippen LogP contribution in [0.1, 0.15) is 19.4 Å². The van der Waals surface area contributed by atoms with Crippen molar-refractivity contribution in [3.05, 3.63) is 47.2 Å². The van der Waals surface area contributed by atoms with Crippen LogP contribution < -0.4 is 10.6 Å². The number of carbonyl (C=O) groups excluding carboxylic acids is 2. The summed E-state index contributed by atoms with van der Waals surface area (Å²) in [5.41, 5.74) is 2.49. The standard InChI is InChI=1S/C20H28N4O3/c1-3-27-19(25)18-15(2)21-20(26)22-17(18)14-24-11-9-23(10-12-24)13-16-7-5-4-6-8-16/h4-8,15H,3,9-14H2,1-2H3,(H2,21,22,26)/t15-/m1/s1. The molecule has 2 N–H and O–H groups in total. The Labute approximate surface area is 160 Å². The summed E-state index contributed by atoms with van der Waals surface area (Å²) in [6, 6.07) is 9.83. The van der Waals surface area contributed by atoms with Crippen molar-refractivity contribution in [3.8, 4) is 0 Å². The molecule has 1 saturated heterocycles. The highest BCUT2D eigenvalue weighted by Crippen LogP contribution is 2.17. The number of nitrogens with zero attached hydrogens (tertiary/aromatic N) is 2. The number of hydrogen-bond acceptors (Lipinski definition) is 5. The number of carbonyl (C=O) groups is 2. The number of piperazine rings is 1. The normalized spacial score (nSPS) is 21.6. The van der Waals surface area contributed by atoms with E-state index in [9.17, 15) is 9.59 Å². The van der Waals surface area contributed by atoms with Gasteiger partial charge in [0.15, 0.2) is 0 Å². The first-order chi connectivity index (χ1) is 13.1. The molecule has 0 unspecified atom stereocenters. The van der Waals surface area contributed by atoms with Gasteiger partial charge in [-0.1, -0.05) is 30.3 Å². The molecule has 0 bridgehead atoms. The monoisotopic (exact) mass is 372 g/mol. The summed E-state index contributed by atoms with van der Waals surface area (Å²) in [5.74, 6) is -0.366. The van der Waals surface area contributed by atoms with E-state index in [1.807, 2.05) is 13.0 Å². The second-order valence-corrected chi connectivity index (χ2v) is 6.97. The lowest BCUT2D eigenvalue weighted by Gasteiger charge is -2.36. The van der Waals surface area contributed by atoms with Gasteiger partial charge in [0.05, 0.1) is 18.2 Å². The van der Waals surface area contributed by atoms with Crippen molar-refractivity contribution in [2.24, 2.45) is 0 Å². The van der Waals surface area contributed by atoms with Crippen LogP contribution in [0.25, 0.3) is 0 Å². The Morgan fingerprint density at radius 3 is 2.37 bits per heavy atom. The fourth-order valence-electron chi connectivity index (χ4n) is 3.57. The molecule has 1 fully saturated rings. The first-order valence-electron chi connectivity index (χ1n) is 9.53. The largest absolute Gasteiger partial charge is 0.463 e. The molecule has 7 nitrogen and oxygen atoms in total. The van der Waals surface area contributed by atoms with Gasteiger partial charge in [-0.2, -0.15) is 0 Å². The second-order valence-electron chi connectivity index (χ2n) is 6.97. The molecule has 3 rings (SSSR count). The lowest BCUT2D eigenvalue weighted by atomic mass is 10.0. The minimum absolute atomic E-state index is 0.270. The number of amides is 2. The second kappa shape index (κ2) is 9.01. The molecule has 0 aliphatic carbocycles. The maximum atomic E-state index is 12.3. The van der Waals surface area contributed by atoms with Gasteiger partial charge in [-0.25, -0.2) is 9.59 Å². The molecule has 2 amide bonds. The Bertz CT molecular complexity index is 696. The fourth-order valence-corrected chi connectivity index (χ4v) is 3.57. The molecular weight excluding hydrogens is 344 g/mol. The van der Waals surface area contributed by atoms with Crippen LogP contribution in [0, 0.1) is 0 Å². The highest BCUT2D eigenvalue weighted by Gasteiger charge is 2.31. The van der Waals surface area contributed by atoms with Crippen molar-refractivity contribution in [2.45, 2.75) is 26.4 Å². The lowest BCUT2D eigenvalue weighted by Crippen LogP contribution is -2.53. The van der Waals surface area contributed by atoms with Crippen molar-refractivity contribution < 1.29 is 14.3 Å². The minimum Gasteiger partial charge on any atom is -0.463 e.